The van der Waals surface area contributed by atoms with Crippen molar-refractivity contribution >= 4 is 12.3 Å². The second-order valence-electron chi connectivity index (χ2n) is 8.71. The van der Waals surface area contributed by atoms with Gasteiger partial charge in [-0.3, -0.25) is 9.59 Å². The molecule has 3 rings (SSSR count). The second kappa shape index (κ2) is 9.98. The molecule has 2 aromatic rings. The Bertz CT molecular complexity index is 1040. The summed E-state index contributed by atoms with van der Waals surface area (Å²) in [5.74, 6) is 0.476. The van der Waals surface area contributed by atoms with Gasteiger partial charge in [0.2, 0.25) is 6.79 Å². The van der Waals surface area contributed by atoms with Crippen LogP contribution in [0.5, 0.6) is 23.0 Å². The Hall–Kier alpha value is -3.48. The lowest BCUT2D eigenvalue weighted by Crippen LogP contribution is -2.32. The topological polar surface area (TPSA) is 80.3 Å². The van der Waals surface area contributed by atoms with E-state index in [1.807, 2.05) is 32.9 Å². The standard InChI is InChI=1S/C26H30O7/c1-7-8-18(25(28)33-26(2,3)4)24(16-9-10-20-23(11-16)32-15-31-20)19-13-22(30-6)21(29-5)12-17(19)14-27/h7,9-14,18,24H,1,8,15H2,2-6H3/t18?,24-/m1/s1. The Morgan fingerprint density at radius 3 is 2.36 bits per heavy atom. The number of hydrogen-bond acceptors (Lipinski definition) is 7. The van der Waals surface area contributed by atoms with E-state index in [1.54, 1.807) is 24.3 Å². The van der Waals surface area contributed by atoms with Crippen molar-refractivity contribution in [2.45, 2.75) is 38.7 Å². The van der Waals surface area contributed by atoms with Crippen LogP contribution in [0.4, 0.5) is 0 Å². The largest absolute Gasteiger partial charge is 0.493 e. The highest BCUT2D eigenvalue weighted by Gasteiger charge is 2.36. The molecule has 0 fully saturated rings. The molecule has 0 spiro atoms. The van der Waals surface area contributed by atoms with E-state index in [0.29, 0.717) is 40.5 Å². The number of methoxy groups -OCH3 is 2. The van der Waals surface area contributed by atoms with Crippen molar-refractivity contribution in [3.05, 3.63) is 59.7 Å². The molecule has 0 aromatic heterocycles. The van der Waals surface area contributed by atoms with E-state index in [-0.39, 0.29) is 6.79 Å². The molecule has 0 radical (unpaired) electrons. The lowest BCUT2D eigenvalue weighted by molar-refractivity contribution is -0.160. The molecule has 7 heteroatoms. The molecule has 1 aliphatic rings. The van der Waals surface area contributed by atoms with Crippen molar-refractivity contribution in [3.63, 3.8) is 0 Å². The quantitative estimate of drug-likeness (QED) is 0.302. The third-order valence-electron chi connectivity index (χ3n) is 5.34. The lowest BCUT2D eigenvalue weighted by atomic mass is 9.77. The summed E-state index contributed by atoms with van der Waals surface area (Å²) in [6, 6.07) is 8.84. The number of carbonyl (C=O) groups excluding carboxylic acids is 2. The maximum absolute atomic E-state index is 13.4. The van der Waals surface area contributed by atoms with Crippen molar-refractivity contribution in [1.82, 2.24) is 0 Å². The molecule has 1 aliphatic heterocycles. The van der Waals surface area contributed by atoms with Crippen molar-refractivity contribution in [3.8, 4) is 23.0 Å². The summed E-state index contributed by atoms with van der Waals surface area (Å²) >= 11 is 0. The maximum atomic E-state index is 13.4. The number of allylic oxidation sites excluding steroid dienone is 1. The average molecular weight is 455 g/mol. The minimum atomic E-state index is -0.680. The van der Waals surface area contributed by atoms with Gasteiger partial charge in [0.25, 0.3) is 0 Å². The van der Waals surface area contributed by atoms with Crippen LogP contribution in [0.25, 0.3) is 0 Å². The first-order valence-electron chi connectivity index (χ1n) is 10.7. The Morgan fingerprint density at radius 2 is 1.76 bits per heavy atom. The molecule has 0 bridgehead atoms. The van der Waals surface area contributed by atoms with Gasteiger partial charge in [-0.1, -0.05) is 12.1 Å². The first kappa shape index (κ1) is 24.2. The Kier molecular flexibility index (Phi) is 7.31. The monoisotopic (exact) mass is 454 g/mol. The second-order valence-corrected chi connectivity index (χ2v) is 8.71. The summed E-state index contributed by atoms with van der Waals surface area (Å²) in [4.78, 5) is 25.5. The van der Waals surface area contributed by atoms with Crippen LogP contribution < -0.4 is 18.9 Å². The summed E-state index contributed by atoms with van der Waals surface area (Å²) in [5.41, 5.74) is 1.08. The van der Waals surface area contributed by atoms with E-state index in [0.717, 1.165) is 11.8 Å². The SMILES string of the molecule is C=CCC(C(=O)OC(C)(C)C)[C@@H](c1ccc2c(c1)OCO2)c1cc(OC)c(OC)cc1C=O. The fraction of sp³-hybridized carbons (Fsp3) is 0.385. The Morgan fingerprint density at radius 1 is 1.09 bits per heavy atom. The van der Waals surface area contributed by atoms with Crippen molar-refractivity contribution in [2.24, 2.45) is 5.92 Å². The summed E-state index contributed by atoms with van der Waals surface area (Å²) in [5, 5.41) is 0. The minimum Gasteiger partial charge on any atom is -0.493 e. The van der Waals surface area contributed by atoms with Crippen LogP contribution in [0.15, 0.2) is 43.0 Å². The molecule has 1 unspecified atom stereocenters. The molecule has 33 heavy (non-hydrogen) atoms. The molecule has 1 heterocycles. The molecule has 2 atom stereocenters. The van der Waals surface area contributed by atoms with Crippen molar-refractivity contribution in [1.29, 1.82) is 0 Å². The van der Waals surface area contributed by atoms with Gasteiger partial charge in [0.1, 0.15) is 11.9 Å². The van der Waals surface area contributed by atoms with Gasteiger partial charge in [-0.05, 0) is 62.6 Å². The number of benzene rings is 2. The smallest absolute Gasteiger partial charge is 0.310 e. The highest BCUT2D eigenvalue weighted by atomic mass is 16.7. The number of hydrogen-bond donors (Lipinski definition) is 0. The summed E-state index contributed by atoms with van der Waals surface area (Å²) in [6.07, 6.45) is 2.76. The predicted molar refractivity (Wildman–Crippen MR) is 123 cm³/mol. The molecule has 7 nitrogen and oxygen atoms in total. The van der Waals surface area contributed by atoms with E-state index >= 15 is 0 Å². The molecule has 0 saturated carbocycles. The van der Waals surface area contributed by atoms with Gasteiger partial charge < -0.3 is 23.7 Å². The summed E-state index contributed by atoms with van der Waals surface area (Å²) < 4.78 is 27.6. The van der Waals surface area contributed by atoms with Crippen LogP contribution in [0.1, 0.15) is 54.6 Å². The van der Waals surface area contributed by atoms with Crippen LogP contribution >= 0.6 is 0 Å². The van der Waals surface area contributed by atoms with E-state index in [9.17, 15) is 9.59 Å². The lowest BCUT2D eigenvalue weighted by Gasteiger charge is -2.30. The molecular weight excluding hydrogens is 424 g/mol. The molecule has 0 aliphatic carbocycles. The van der Waals surface area contributed by atoms with E-state index in [2.05, 4.69) is 6.58 Å². The van der Waals surface area contributed by atoms with Crippen molar-refractivity contribution < 1.29 is 33.3 Å². The van der Waals surface area contributed by atoms with E-state index < -0.39 is 23.4 Å². The fourth-order valence-electron chi connectivity index (χ4n) is 3.94. The number of ether oxygens (including phenoxy) is 5. The van der Waals surface area contributed by atoms with Gasteiger partial charge in [-0.15, -0.1) is 6.58 Å². The van der Waals surface area contributed by atoms with Gasteiger partial charge in [0.05, 0.1) is 20.1 Å². The van der Waals surface area contributed by atoms with Crippen LogP contribution in [0.2, 0.25) is 0 Å². The predicted octanol–water partition coefficient (Wildman–Crippen LogP) is 4.91. The maximum Gasteiger partial charge on any atom is 0.310 e. The third-order valence-corrected chi connectivity index (χ3v) is 5.34. The van der Waals surface area contributed by atoms with Crippen LogP contribution in [-0.2, 0) is 9.53 Å². The normalized spacial score (nSPS) is 14.2. The molecule has 0 amide bonds. The van der Waals surface area contributed by atoms with Gasteiger partial charge in [0.15, 0.2) is 23.0 Å². The summed E-state index contributed by atoms with van der Waals surface area (Å²) in [6.45, 7) is 9.42. The Balaban J connectivity index is 2.24. The number of esters is 1. The highest BCUT2D eigenvalue weighted by Crippen LogP contribution is 2.44. The molecule has 0 N–H and O–H groups in total. The Labute approximate surface area is 194 Å². The minimum absolute atomic E-state index is 0.127. The first-order chi connectivity index (χ1) is 15.7. The molecule has 2 aromatic carbocycles. The number of fused-ring (bicyclic) bond motifs is 1. The van der Waals surface area contributed by atoms with Gasteiger partial charge in [-0.2, -0.15) is 0 Å². The number of rotatable bonds is 9. The zero-order chi connectivity index (χ0) is 24.2. The van der Waals surface area contributed by atoms with Crippen LogP contribution in [0, 0.1) is 5.92 Å². The van der Waals surface area contributed by atoms with E-state index in [4.69, 9.17) is 23.7 Å². The molecule has 0 saturated heterocycles. The van der Waals surface area contributed by atoms with Gasteiger partial charge in [-0.25, -0.2) is 0 Å². The highest BCUT2D eigenvalue weighted by molar-refractivity contribution is 5.82. The average Bonchev–Trinajstić information content (AvgIpc) is 3.25. The third kappa shape index (κ3) is 5.30. The van der Waals surface area contributed by atoms with Crippen LogP contribution in [-0.4, -0.2) is 38.9 Å². The van der Waals surface area contributed by atoms with E-state index in [1.165, 1.54) is 14.2 Å². The molecular formula is C26H30O7. The van der Waals surface area contributed by atoms with Crippen molar-refractivity contribution in [2.75, 3.05) is 21.0 Å². The zero-order valence-electron chi connectivity index (χ0n) is 19.7. The van der Waals surface area contributed by atoms with Crippen LogP contribution in [0.3, 0.4) is 0 Å². The summed E-state index contributed by atoms with van der Waals surface area (Å²) in [7, 11) is 3.02. The first-order valence-corrected chi connectivity index (χ1v) is 10.7. The zero-order valence-corrected chi connectivity index (χ0v) is 19.7. The van der Waals surface area contributed by atoms with Gasteiger partial charge in [0, 0.05) is 11.5 Å². The fourth-order valence-corrected chi connectivity index (χ4v) is 3.94. The number of aldehydes is 1. The molecule has 176 valence electrons. The number of carbonyl (C=O) groups is 2. The van der Waals surface area contributed by atoms with Gasteiger partial charge >= 0.3 is 5.97 Å².